The van der Waals surface area contributed by atoms with E-state index in [4.69, 9.17) is 0 Å². The van der Waals surface area contributed by atoms with Gasteiger partial charge in [-0.3, -0.25) is 4.90 Å². The van der Waals surface area contributed by atoms with E-state index in [0.717, 1.165) is 31.5 Å². The molecule has 0 radical (unpaired) electrons. The summed E-state index contributed by atoms with van der Waals surface area (Å²) in [4.78, 5) is 6.70. The number of nitrogens with one attached hydrogen (secondary N) is 1. The molecule has 1 unspecified atom stereocenters. The summed E-state index contributed by atoms with van der Waals surface area (Å²) < 4.78 is 2.09. The van der Waals surface area contributed by atoms with E-state index >= 15 is 0 Å². The van der Waals surface area contributed by atoms with Gasteiger partial charge < -0.3 is 9.88 Å². The Morgan fingerprint density at radius 3 is 2.94 bits per heavy atom. The molecule has 4 heteroatoms. The Bertz CT molecular complexity index is 343. The molecule has 1 aromatic rings. The zero-order chi connectivity index (χ0) is 12.3. The summed E-state index contributed by atoms with van der Waals surface area (Å²) in [5, 5.41) is 3.58. The van der Waals surface area contributed by atoms with E-state index in [0.29, 0.717) is 5.92 Å². The van der Waals surface area contributed by atoms with Crippen LogP contribution in [0.5, 0.6) is 0 Å². The van der Waals surface area contributed by atoms with Gasteiger partial charge in [0.1, 0.15) is 5.82 Å². The van der Waals surface area contributed by atoms with Gasteiger partial charge in [-0.25, -0.2) is 4.98 Å². The van der Waals surface area contributed by atoms with E-state index in [1.54, 1.807) is 0 Å². The van der Waals surface area contributed by atoms with E-state index in [2.05, 4.69) is 33.7 Å². The maximum absolute atomic E-state index is 4.35. The van der Waals surface area contributed by atoms with Crippen molar-refractivity contribution in [2.45, 2.75) is 32.4 Å². The maximum Gasteiger partial charge on any atom is 0.122 e. The van der Waals surface area contributed by atoms with Gasteiger partial charge in [0.05, 0.1) is 6.54 Å². The van der Waals surface area contributed by atoms with Crippen LogP contribution in [0.4, 0.5) is 0 Å². The van der Waals surface area contributed by atoms with Crippen molar-refractivity contribution < 1.29 is 0 Å². The highest BCUT2D eigenvalue weighted by Gasteiger charge is 2.21. The lowest BCUT2D eigenvalue weighted by Crippen LogP contribution is -2.32. The van der Waals surface area contributed by atoms with E-state index in [1.165, 1.54) is 12.8 Å². The molecule has 1 N–H and O–H groups in total. The maximum atomic E-state index is 4.35. The summed E-state index contributed by atoms with van der Waals surface area (Å²) in [5.41, 5.74) is 0. The molecule has 0 aromatic carbocycles. The van der Waals surface area contributed by atoms with Crippen LogP contribution >= 0.6 is 0 Å². The van der Waals surface area contributed by atoms with Crippen LogP contribution in [0.3, 0.4) is 0 Å². The molecule has 1 aliphatic carbocycles. The Hall–Kier alpha value is -0.870. The van der Waals surface area contributed by atoms with E-state index in [9.17, 15) is 0 Å². The fourth-order valence-corrected chi connectivity index (χ4v) is 2.11. The van der Waals surface area contributed by atoms with Gasteiger partial charge in [-0.1, -0.05) is 6.92 Å². The number of aryl methyl sites for hydroxylation is 1. The Labute approximate surface area is 104 Å². The van der Waals surface area contributed by atoms with Crippen molar-refractivity contribution in [2.75, 3.05) is 20.1 Å². The highest BCUT2D eigenvalue weighted by Crippen LogP contribution is 2.18. The molecule has 1 aliphatic rings. The number of aromatic nitrogens is 2. The second-order valence-corrected chi connectivity index (χ2v) is 5.44. The molecular weight excluding hydrogens is 212 g/mol. The first-order valence-electron chi connectivity index (χ1n) is 6.53. The third-order valence-electron chi connectivity index (χ3n) is 3.29. The minimum atomic E-state index is 0.695. The average Bonchev–Trinajstić information content (AvgIpc) is 3.02. The summed E-state index contributed by atoms with van der Waals surface area (Å²) >= 11 is 0. The third kappa shape index (κ3) is 4.13. The van der Waals surface area contributed by atoms with Crippen LogP contribution in [-0.4, -0.2) is 40.6 Å². The Morgan fingerprint density at radius 2 is 2.35 bits per heavy atom. The van der Waals surface area contributed by atoms with Gasteiger partial charge in [0.2, 0.25) is 0 Å². The van der Waals surface area contributed by atoms with Gasteiger partial charge in [-0.2, -0.15) is 0 Å². The van der Waals surface area contributed by atoms with Gasteiger partial charge in [-0.15, -0.1) is 0 Å². The smallest absolute Gasteiger partial charge is 0.122 e. The molecule has 2 rings (SSSR count). The van der Waals surface area contributed by atoms with Crippen molar-refractivity contribution in [3.8, 4) is 0 Å². The number of imidazole rings is 1. The normalized spacial score (nSPS) is 17.6. The fourth-order valence-electron chi connectivity index (χ4n) is 2.11. The molecular formula is C13H24N4. The van der Waals surface area contributed by atoms with E-state index in [-0.39, 0.29) is 0 Å². The molecule has 0 saturated heterocycles. The first kappa shape index (κ1) is 12.6. The molecule has 0 bridgehead atoms. The monoisotopic (exact) mass is 236 g/mol. The van der Waals surface area contributed by atoms with Gasteiger partial charge in [0, 0.05) is 32.0 Å². The van der Waals surface area contributed by atoms with Gasteiger partial charge in [0.25, 0.3) is 0 Å². The zero-order valence-electron chi connectivity index (χ0n) is 11.2. The lowest BCUT2D eigenvalue weighted by atomic mass is 10.1. The summed E-state index contributed by atoms with van der Waals surface area (Å²) in [7, 11) is 4.22. The van der Waals surface area contributed by atoms with Crippen molar-refractivity contribution in [1.29, 1.82) is 0 Å². The Morgan fingerprint density at radius 1 is 1.59 bits per heavy atom. The second-order valence-electron chi connectivity index (χ2n) is 5.44. The minimum Gasteiger partial charge on any atom is -0.337 e. The molecule has 4 nitrogen and oxygen atoms in total. The standard InChI is InChI=1S/C13H24N4/c1-11(8-15-12-4-5-12)9-16(2)10-13-14-6-7-17(13)3/h6-7,11-12,15H,4-5,8-10H2,1-3H3. The van der Waals surface area contributed by atoms with E-state index < -0.39 is 0 Å². The lowest BCUT2D eigenvalue weighted by Gasteiger charge is -2.21. The molecule has 1 atom stereocenters. The molecule has 0 spiro atoms. The highest BCUT2D eigenvalue weighted by atomic mass is 15.2. The first-order chi connectivity index (χ1) is 8.15. The largest absolute Gasteiger partial charge is 0.337 e. The SMILES string of the molecule is CC(CNC1CC1)CN(C)Cc1nccn1C. The summed E-state index contributed by atoms with van der Waals surface area (Å²) in [6.45, 7) is 5.49. The van der Waals surface area contributed by atoms with Crippen molar-refractivity contribution in [2.24, 2.45) is 13.0 Å². The quantitative estimate of drug-likeness (QED) is 0.773. The molecule has 0 aliphatic heterocycles. The van der Waals surface area contributed by atoms with Gasteiger partial charge >= 0.3 is 0 Å². The molecule has 1 saturated carbocycles. The van der Waals surface area contributed by atoms with Crippen LogP contribution in [0.15, 0.2) is 12.4 Å². The summed E-state index contributed by atoms with van der Waals surface area (Å²) in [6.07, 6.45) is 6.61. The van der Waals surface area contributed by atoms with Crippen molar-refractivity contribution in [3.63, 3.8) is 0 Å². The van der Waals surface area contributed by atoms with Gasteiger partial charge in [0.15, 0.2) is 0 Å². The topological polar surface area (TPSA) is 33.1 Å². The predicted molar refractivity (Wildman–Crippen MR) is 69.7 cm³/mol. The van der Waals surface area contributed by atoms with Crippen LogP contribution in [0.1, 0.15) is 25.6 Å². The predicted octanol–water partition coefficient (Wildman–Crippen LogP) is 1.24. The first-order valence-corrected chi connectivity index (χ1v) is 6.53. The minimum absolute atomic E-state index is 0.695. The van der Waals surface area contributed by atoms with Crippen molar-refractivity contribution in [3.05, 3.63) is 18.2 Å². The van der Waals surface area contributed by atoms with Crippen molar-refractivity contribution >= 4 is 0 Å². The van der Waals surface area contributed by atoms with Crippen LogP contribution in [0.25, 0.3) is 0 Å². The van der Waals surface area contributed by atoms with Crippen LogP contribution < -0.4 is 5.32 Å². The molecule has 1 heterocycles. The second kappa shape index (κ2) is 5.65. The summed E-state index contributed by atoms with van der Waals surface area (Å²) in [6, 6.07) is 0.817. The zero-order valence-corrected chi connectivity index (χ0v) is 11.2. The highest BCUT2D eigenvalue weighted by molar-refractivity contribution is 4.90. The van der Waals surface area contributed by atoms with E-state index in [1.807, 2.05) is 19.4 Å². The third-order valence-corrected chi connectivity index (χ3v) is 3.29. The van der Waals surface area contributed by atoms with Crippen LogP contribution in [-0.2, 0) is 13.6 Å². The molecule has 17 heavy (non-hydrogen) atoms. The van der Waals surface area contributed by atoms with Crippen molar-refractivity contribution in [1.82, 2.24) is 19.8 Å². The van der Waals surface area contributed by atoms with Gasteiger partial charge in [-0.05, 0) is 32.4 Å². The molecule has 1 fully saturated rings. The molecule has 0 amide bonds. The molecule has 1 aromatic heterocycles. The Kier molecular flexibility index (Phi) is 4.18. The number of hydrogen-bond donors (Lipinski definition) is 1. The van der Waals surface area contributed by atoms with Crippen LogP contribution in [0.2, 0.25) is 0 Å². The Balaban J connectivity index is 1.68. The fraction of sp³-hybridized carbons (Fsp3) is 0.769. The number of rotatable bonds is 7. The average molecular weight is 236 g/mol. The lowest BCUT2D eigenvalue weighted by molar-refractivity contribution is 0.265. The molecule has 96 valence electrons. The number of hydrogen-bond acceptors (Lipinski definition) is 3. The van der Waals surface area contributed by atoms with Crippen LogP contribution in [0, 0.1) is 5.92 Å². The number of nitrogens with zero attached hydrogens (tertiary/aromatic N) is 3. The summed E-state index contributed by atoms with van der Waals surface area (Å²) in [5.74, 6) is 1.83.